The minimum Gasteiger partial charge on any atom is -0.495 e. The average molecular weight is 459 g/mol. The summed E-state index contributed by atoms with van der Waals surface area (Å²) >= 11 is 5.68. The molecule has 1 N–H and O–H groups in total. The van der Waals surface area contributed by atoms with Gasteiger partial charge < -0.3 is 19.5 Å². The summed E-state index contributed by atoms with van der Waals surface area (Å²) in [6.07, 6.45) is 0. The first-order chi connectivity index (χ1) is 14.3. The van der Waals surface area contributed by atoms with Crippen molar-refractivity contribution >= 4 is 33.2 Å². The first-order valence-corrected chi connectivity index (χ1v) is 10.8. The lowest BCUT2D eigenvalue weighted by atomic mass is 10.3. The van der Waals surface area contributed by atoms with E-state index in [1.165, 1.54) is 41.7 Å². The molecule has 0 spiro atoms. The number of hydrogen-bond donors (Lipinski definition) is 1. The Labute approximate surface area is 178 Å². The lowest BCUT2D eigenvalue weighted by Crippen LogP contribution is -2.40. The second-order valence-corrected chi connectivity index (χ2v) is 8.64. The fraction of sp³-hybridized carbons (Fsp3) is 0.316. The monoisotopic (exact) mass is 458 g/mol. The Morgan fingerprint density at radius 1 is 1.23 bits per heavy atom. The van der Waals surface area contributed by atoms with Crippen LogP contribution in [0, 0.1) is 5.82 Å². The highest BCUT2D eigenvalue weighted by atomic mass is 35.5. The Bertz CT molecular complexity index is 1030. The van der Waals surface area contributed by atoms with E-state index in [2.05, 4.69) is 5.32 Å². The molecule has 8 nitrogen and oxygen atoms in total. The van der Waals surface area contributed by atoms with Crippen molar-refractivity contribution in [2.45, 2.75) is 4.90 Å². The first kappa shape index (κ1) is 22.3. The Kier molecular flexibility index (Phi) is 7.14. The van der Waals surface area contributed by atoms with Gasteiger partial charge in [0, 0.05) is 19.2 Å². The number of ether oxygens (including phenoxy) is 3. The molecule has 0 radical (unpaired) electrons. The topological polar surface area (TPSA) is 94.2 Å². The predicted octanol–water partition coefficient (Wildman–Crippen LogP) is 2.53. The smallest absolute Gasteiger partial charge is 0.262 e. The molecule has 0 saturated carbocycles. The van der Waals surface area contributed by atoms with Gasteiger partial charge in [-0.1, -0.05) is 11.6 Å². The minimum atomic E-state index is -3.74. The lowest BCUT2D eigenvalue weighted by Gasteiger charge is -2.26. The van der Waals surface area contributed by atoms with Crippen LogP contribution in [0.15, 0.2) is 41.3 Å². The van der Waals surface area contributed by atoms with E-state index < -0.39 is 28.4 Å². The van der Waals surface area contributed by atoms with Crippen LogP contribution >= 0.6 is 11.6 Å². The Balaban J connectivity index is 1.73. The number of anilines is 1. The van der Waals surface area contributed by atoms with Crippen LogP contribution < -0.4 is 14.8 Å². The van der Waals surface area contributed by atoms with E-state index in [1.807, 2.05) is 0 Å². The summed E-state index contributed by atoms with van der Waals surface area (Å²) in [6.45, 7) is 0.757. The summed E-state index contributed by atoms with van der Waals surface area (Å²) in [7, 11) is -2.34. The molecule has 2 aromatic carbocycles. The first-order valence-electron chi connectivity index (χ1n) is 8.95. The second-order valence-electron chi connectivity index (χ2n) is 6.29. The molecule has 1 heterocycles. The van der Waals surface area contributed by atoms with Gasteiger partial charge in [-0.05, 0) is 30.3 Å². The Hall–Kier alpha value is -2.40. The van der Waals surface area contributed by atoms with Gasteiger partial charge in [0.2, 0.25) is 10.0 Å². The van der Waals surface area contributed by atoms with Crippen LogP contribution in [-0.2, 0) is 19.6 Å². The van der Waals surface area contributed by atoms with E-state index >= 15 is 0 Å². The van der Waals surface area contributed by atoms with Gasteiger partial charge in [-0.25, -0.2) is 12.8 Å². The molecule has 1 amide bonds. The highest BCUT2D eigenvalue weighted by molar-refractivity contribution is 7.89. The molecular formula is C19H20ClFN2O6S. The molecule has 1 aliphatic heterocycles. The maximum absolute atomic E-state index is 13.2. The fourth-order valence-electron chi connectivity index (χ4n) is 2.78. The number of halogens is 2. The van der Waals surface area contributed by atoms with Crippen LogP contribution in [0.25, 0.3) is 0 Å². The van der Waals surface area contributed by atoms with Gasteiger partial charge in [0.05, 0.1) is 35.9 Å². The Morgan fingerprint density at radius 2 is 1.97 bits per heavy atom. The standard InChI is InChI=1S/C19H20ClFN2O6S/c1-27-18-5-3-14(30(25,26)23-6-8-28-9-7-23)11-17(18)22-19(24)12-29-13-2-4-16(21)15(20)10-13/h2-5,10-11H,6-9,12H2,1H3,(H,22,24). The lowest BCUT2D eigenvalue weighted by molar-refractivity contribution is -0.118. The van der Waals surface area contributed by atoms with E-state index in [9.17, 15) is 17.6 Å². The number of benzene rings is 2. The number of sulfonamides is 1. The van der Waals surface area contributed by atoms with Crippen molar-refractivity contribution in [3.05, 3.63) is 47.2 Å². The molecule has 30 heavy (non-hydrogen) atoms. The van der Waals surface area contributed by atoms with Crippen molar-refractivity contribution in [2.75, 3.05) is 45.3 Å². The van der Waals surface area contributed by atoms with Gasteiger partial charge in [-0.2, -0.15) is 4.31 Å². The van der Waals surface area contributed by atoms with Crippen molar-refractivity contribution < 1.29 is 31.8 Å². The summed E-state index contributed by atoms with van der Waals surface area (Å²) < 4.78 is 55.9. The molecule has 1 aliphatic rings. The van der Waals surface area contributed by atoms with Gasteiger partial charge >= 0.3 is 0 Å². The summed E-state index contributed by atoms with van der Waals surface area (Å²) in [5.41, 5.74) is 0.178. The molecule has 0 unspecified atom stereocenters. The fourth-order valence-corrected chi connectivity index (χ4v) is 4.39. The number of nitrogens with one attached hydrogen (secondary N) is 1. The molecule has 162 valence electrons. The third-order valence-electron chi connectivity index (χ3n) is 4.31. The van der Waals surface area contributed by atoms with Gasteiger partial charge in [0.25, 0.3) is 5.91 Å². The summed E-state index contributed by atoms with van der Waals surface area (Å²) in [6, 6.07) is 7.92. The van der Waals surface area contributed by atoms with Crippen molar-refractivity contribution in [3.63, 3.8) is 0 Å². The highest BCUT2D eigenvalue weighted by Crippen LogP contribution is 2.29. The average Bonchev–Trinajstić information content (AvgIpc) is 2.75. The summed E-state index contributed by atoms with van der Waals surface area (Å²) in [5.74, 6) is -0.660. The highest BCUT2D eigenvalue weighted by Gasteiger charge is 2.27. The zero-order chi connectivity index (χ0) is 21.7. The minimum absolute atomic E-state index is 0.0201. The maximum Gasteiger partial charge on any atom is 0.262 e. The number of carbonyl (C=O) groups is 1. The molecule has 0 aromatic heterocycles. The van der Waals surface area contributed by atoms with Crippen LogP contribution in [0.5, 0.6) is 11.5 Å². The Morgan fingerprint density at radius 3 is 2.63 bits per heavy atom. The molecule has 11 heteroatoms. The van der Waals surface area contributed by atoms with E-state index in [0.717, 1.165) is 6.07 Å². The van der Waals surface area contributed by atoms with Gasteiger partial charge in [0.15, 0.2) is 6.61 Å². The summed E-state index contributed by atoms with van der Waals surface area (Å²) in [4.78, 5) is 12.3. The van der Waals surface area contributed by atoms with Crippen molar-refractivity contribution in [1.82, 2.24) is 4.31 Å². The number of carbonyl (C=O) groups excluding carboxylic acids is 1. The second kappa shape index (κ2) is 9.61. The molecule has 0 bridgehead atoms. The largest absolute Gasteiger partial charge is 0.495 e. The summed E-state index contributed by atoms with van der Waals surface area (Å²) in [5, 5.41) is 2.44. The third-order valence-corrected chi connectivity index (χ3v) is 6.50. The van der Waals surface area contributed by atoms with Crippen LogP contribution in [0.3, 0.4) is 0 Å². The van der Waals surface area contributed by atoms with Gasteiger partial charge in [-0.3, -0.25) is 4.79 Å². The zero-order valence-electron chi connectivity index (χ0n) is 16.1. The number of rotatable bonds is 7. The normalized spacial score (nSPS) is 14.9. The van der Waals surface area contributed by atoms with Crippen LogP contribution in [0.4, 0.5) is 10.1 Å². The quantitative estimate of drug-likeness (QED) is 0.685. The van der Waals surface area contributed by atoms with Crippen LogP contribution in [0.2, 0.25) is 5.02 Å². The van der Waals surface area contributed by atoms with E-state index in [-0.39, 0.29) is 40.2 Å². The SMILES string of the molecule is COc1ccc(S(=O)(=O)N2CCOCC2)cc1NC(=O)COc1ccc(F)c(Cl)c1. The van der Waals surface area contributed by atoms with Crippen LogP contribution in [0.1, 0.15) is 0 Å². The number of morpholine rings is 1. The van der Waals surface area contributed by atoms with Gasteiger partial charge in [0.1, 0.15) is 17.3 Å². The maximum atomic E-state index is 13.2. The number of nitrogens with zero attached hydrogens (tertiary/aromatic N) is 1. The molecule has 0 aliphatic carbocycles. The van der Waals surface area contributed by atoms with E-state index in [0.29, 0.717) is 13.2 Å². The molecule has 3 rings (SSSR count). The van der Waals surface area contributed by atoms with Crippen molar-refractivity contribution in [1.29, 1.82) is 0 Å². The van der Waals surface area contributed by atoms with E-state index in [4.69, 9.17) is 25.8 Å². The predicted molar refractivity (Wildman–Crippen MR) is 108 cm³/mol. The van der Waals surface area contributed by atoms with Crippen molar-refractivity contribution in [2.24, 2.45) is 0 Å². The number of hydrogen-bond acceptors (Lipinski definition) is 6. The number of amides is 1. The molecule has 1 saturated heterocycles. The third kappa shape index (κ3) is 5.20. The van der Waals surface area contributed by atoms with Gasteiger partial charge in [-0.15, -0.1) is 0 Å². The van der Waals surface area contributed by atoms with E-state index in [1.54, 1.807) is 0 Å². The number of methoxy groups -OCH3 is 1. The molecule has 2 aromatic rings. The van der Waals surface area contributed by atoms with Crippen molar-refractivity contribution in [3.8, 4) is 11.5 Å². The van der Waals surface area contributed by atoms with Crippen LogP contribution in [-0.4, -0.2) is 58.7 Å². The zero-order valence-corrected chi connectivity index (χ0v) is 17.6. The molecule has 0 atom stereocenters. The molecule has 1 fully saturated rings. The molecular weight excluding hydrogens is 439 g/mol.